The maximum atomic E-state index is 11.9. The lowest BCUT2D eigenvalue weighted by atomic mass is 10.2. The second-order valence-electron chi connectivity index (χ2n) is 5.24. The number of ether oxygens (including phenoxy) is 1. The van der Waals surface area contributed by atoms with Gasteiger partial charge in [0.25, 0.3) is 0 Å². The first kappa shape index (κ1) is 17.0. The summed E-state index contributed by atoms with van der Waals surface area (Å²) in [5.74, 6) is 0.566. The highest BCUT2D eigenvalue weighted by Crippen LogP contribution is 2.32. The fourth-order valence-electron chi connectivity index (χ4n) is 2.58. The summed E-state index contributed by atoms with van der Waals surface area (Å²) in [6, 6.07) is 0. The van der Waals surface area contributed by atoms with Crippen LogP contribution in [0.15, 0.2) is 10.5 Å². The highest BCUT2D eigenvalue weighted by Gasteiger charge is 2.19. The summed E-state index contributed by atoms with van der Waals surface area (Å²) in [5.41, 5.74) is 0.450. The molecule has 1 aliphatic heterocycles. The average Bonchev–Trinajstić information content (AvgIpc) is 3.17. The maximum Gasteiger partial charge on any atom is 0.339 e. The Morgan fingerprint density at radius 1 is 1.43 bits per heavy atom. The maximum absolute atomic E-state index is 11.9. The number of nitrogens with zero attached hydrogens (tertiary/aromatic N) is 3. The second kappa shape index (κ2) is 7.79. The monoisotopic (exact) mass is 371 g/mol. The first-order valence-corrected chi connectivity index (χ1v) is 9.90. The van der Waals surface area contributed by atoms with Crippen molar-refractivity contribution in [1.29, 1.82) is 0 Å². The number of likely N-dealkylation sites (tertiary alicyclic amines) is 1. The van der Waals surface area contributed by atoms with Gasteiger partial charge in [0.05, 0.1) is 17.6 Å². The molecule has 0 aliphatic carbocycles. The Bertz CT molecular complexity index is 701. The molecule has 0 aromatic carbocycles. The molecule has 2 aromatic rings. The largest absolute Gasteiger partial charge is 0.462 e. The number of hydrogen-bond acceptors (Lipinski definition) is 7. The van der Waals surface area contributed by atoms with Crippen LogP contribution in [0.1, 0.15) is 30.1 Å². The third kappa shape index (κ3) is 3.96. The molecule has 1 aliphatic rings. The molecule has 0 amide bonds. The molecular weight excluding hydrogens is 354 g/mol. The van der Waals surface area contributed by atoms with E-state index in [1.54, 1.807) is 24.1 Å². The SMILES string of the molecule is CCOC(=O)c1csc2nc(SCCN3CCCC3)nc(Cl)c12. The van der Waals surface area contributed by atoms with E-state index in [4.69, 9.17) is 16.3 Å². The molecular formula is C15H18ClN3O2S2. The molecule has 1 saturated heterocycles. The lowest BCUT2D eigenvalue weighted by molar-refractivity contribution is 0.0529. The molecule has 0 unspecified atom stereocenters. The third-order valence-corrected chi connectivity index (χ3v) is 5.67. The summed E-state index contributed by atoms with van der Waals surface area (Å²) < 4.78 is 5.04. The zero-order chi connectivity index (χ0) is 16.2. The summed E-state index contributed by atoms with van der Waals surface area (Å²) in [6.45, 7) is 5.53. The van der Waals surface area contributed by atoms with E-state index in [2.05, 4.69) is 14.9 Å². The fraction of sp³-hybridized carbons (Fsp3) is 0.533. The number of thiophene rings is 1. The topological polar surface area (TPSA) is 55.3 Å². The van der Waals surface area contributed by atoms with Crippen molar-refractivity contribution in [1.82, 2.24) is 14.9 Å². The Labute approximate surface area is 148 Å². The molecule has 23 heavy (non-hydrogen) atoms. The van der Waals surface area contributed by atoms with Gasteiger partial charge in [-0.25, -0.2) is 14.8 Å². The molecule has 0 radical (unpaired) electrons. The second-order valence-corrected chi connectivity index (χ2v) is 7.52. The van der Waals surface area contributed by atoms with Gasteiger partial charge in [-0.05, 0) is 32.9 Å². The number of esters is 1. The number of carbonyl (C=O) groups is 1. The number of rotatable bonds is 6. The van der Waals surface area contributed by atoms with Crippen LogP contribution in [0.3, 0.4) is 0 Å². The van der Waals surface area contributed by atoms with Crippen LogP contribution in [-0.2, 0) is 4.74 Å². The molecule has 124 valence electrons. The van der Waals surface area contributed by atoms with Crippen LogP contribution in [0, 0.1) is 0 Å². The van der Waals surface area contributed by atoms with Gasteiger partial charge in [0.1, 0.15) is 9.98 Å². The van der Waals surface area contributed by atoms with E-state index in [0.29, 0.717) is 27.9 Å². The zero-order valence-corrected chi connectivity index (χ0v) is 15.3. The van der Waals surface area contributed by atoms with Gasteiger partial charge in [0.2, 0.25) is 0 Å². The molecule has 0 N–H and O–H groups in total. The standard InChI is InChI=1S/C15H18ClN3O2S2/c1-2-21-14(20)10-9-23-13-11(10)12(16)17-15(18-13)22-8-7-19-5-3-4-6-19/h9H,2-8H2,1H3. The molecule has 0 saturated carbocycles. The summed E-state index contributed by atoms with van der Waals surface area (Å²) in [5, 5.41) is 3.32. The minimum atomic E-state index is -0.376. The van der Waals surface area contributed by atoms with Crippen LogP contribution in [0.4, 0.5) is 0 Å². The number of fused-ring (bicyclic) bond motifs is 1. The van der Waals surface area contributed by atoms with Gasteiger partial charge in [-0.1, -0.05) is 23.4 Å². The van der Waals surface area contributed by atoms with Crippen LogP contribution in [-0.4, -0.2) is 52.8 Å². The Kier molecular flexibility index (Phi) is 5.74. The molecule has 3 rings (SSSR count). The molecule has 0 spiro atoms. The number of thioether (sulfide) groups is 1. The van der Waals surface area contributed by atoms with E-state index in [0.717, 1.165) is 17.1 Å². The van der Waals surface area contributed by atoms with Crippen molar-refractivity contribution in [2.24, 2.45) is 0 Å². The normalized spacial score (nSPS) is 15.4. The third-order valence-electron chi connectivity index (χ3n) is 3.70. The van der Waals surface area contributed by atoms with Gasteiger partial charge in [-0.2, -0.15) is 0 Å². The van der Waals surface area contributed by atoms with Gasteiger partial charge >= 0.3 is 5.97 Å². The van der Waals surface area contributed by atoms with Crippen LogP contribution >= 0.6 is 34.7 Å². The summed E-state index contributed by atoms with van der Waals surface area (Å²) in [6.07, 6.45) is 2.59. The molecule has 5 nitrogen and oxygen atoms in total. The lowest BCUT2D eigenvalue weighted by Gasteiger charge is -2.13. The number of aromatic nitrogens is 2. The average molecular weight is 372 g/mol. The minimum absolute atomic E-state index is 0.322. The molecule has 0 atom stereocenters. The highest BCUT2D eigenvalue weighted by molar-refractivity contribution is 7.99. The van der Waals surface area contributed by atoms with Gasteiger partial charge in [0, 0.05) is 17.7 Å². The minimum Gasteiger partial charge on any atom is -0.462 e. The fourth-order valence-corrected chi connectivity index (χ4v) is 4.76. The molecule has 8 heteroatoms. The van der Waals surface area contributed by atoms with Crippen molar-refractivity contribution in [2.75, 3.05) is 32.0 Å². The summed E-state index contributed by atoms with van der Waals surface area (Å²) >= 11 is 9.28. The van der Waals surface area contributed by atoms with E-state index < -0.39 is 0 Å². The predicted octanol–water partition coefficient (Wildman–Crippen LogP) is 3.71. The van der Waals surface area contributed by atoms with Crippen molar-refractivity contribution in [3.8, 4) is 0 Å². The number of carbonyl (C=O) groups excluding carboxylic acids is 1. The van der Waals surface area contributed by atoms with Gasteiger partial charge in [0.15, 0.2) is 5.16 Å². The Morgan fingerprint density at radius 3 is 2.96 bits per heavy atom. The number of halogens is 1. The predicted molar refractivity (Wildman–Crippen MR) is 94.8 cm³/mol. The Hall–Kier alpha value is -0.890. The summed E-state index contributed by atoms with van der Waals surface area (Å²) in [7, 11) is 0. The van der Waals surface area contributed by atoms with E-state index in [1.165, 1.54) is 37.3 Å². The smallest absolute Gasteiger partial charge is 0.339 e. The van der Waals surface area contributed by atoms with Crippen LogP contribution in [0.25, 0.3) is 10.2 Å². The van der Waals surface area contributed by atoms with Crippen molar-refractivity contribution in [3.63, 3.8) is 0 Å². The van der Waals surface area contributed by atoms with Crippen molar-refractivity contribution in [3.05, 3.63) is 16.1 Å². The van der Waals surface area contributed by atoms with Crippen molar-refractivity contribution >= 4 is 50.9 Å². The van der Waals surface area contributed by atoms with Gasteiger partial charge in [-0.3, -0.25) is 0 Å². The van der Waals surface area contributed by atoms with E-state index >= 15 is 0 Å². The summed E-state index contributed by atoms with van der Waals surface area (Å²) in [4.78, 5) is 24.0. The molecule has 2 aromatic heterocycles. The van der Waals surface area contributed by atoms with Crippen LogP contribution < -0.4 is 0 Å². The zero-order valence-electron chi connectivity index (χ0n) is 12.9. The van der Waals surface area contributed by atoms with E-state index in [9.17, 15) is 4.79 Å². The van der Waals surface area contributed by atoms with E-state index in [-0.39, 0.29) is 5.97 Å². The molecule has 0 bridgehead atoms. The van der Waals surface area contributed by atoms with Gasteiger partial charge < -0.3 is 9.64 Å². The molecule has 1 fully saturated rings. The molecule has 3 heterocycles. The Balaban J connectivity index is 1.72. The van der Waals surface area contributed by atoms with Crippen LogP contribution in [0.5, 0.6) is 0 Å². The first-order valence-electron chi connectivity index (χ1n) is 7.66. The highest BCUT2D eigenvalue weighted by atomic mass is 35.5. The van der Waals surface area contributed by atoms with Crippen molar-refractivity contribution in [2.45, 2.75) is 24.9 Å². The Morgan fingerprint density at radius 2 is 2.22 bits per heavy atom. The first-order chi connectivity index (χ1) is 11.2. The van der Waals surface area contributed by atoms with Gasteiger partial charge in [-0.15, -0.1) is 11.3 Å². The quantitative estimate of drug-likeness (QED) is 0.334. The number of hydrogen-bond donors (Lipinski definition) is 0. The van der Waals surface area contributed by atoms with Crippen LogP contribution in [0.2, 0.25) is 5.15 Å². The lowest BCUT2D eigenvalue weighted by Crippen LogP contribution is -2.21. The van der Waals surface area contributed by atoms with E-state index in [1.807, 2.05) is 0 Å². The van der Waals surface area contributed by atoms with Crippen molar-refractivity contribution < 1.29 is 9.53 Å².